The van der Waals surface area contributed by atoms with Gasteiger partial charge in [0.25, 0.3) is 5.91 Å². The van der Waals surface area contributed by atoms with Crippen molar-refractivity contribution in [2.75, 3.05) is 20.8 Å². The van der Waals surface area contributed by atoms with Crippen LogP contribution in [0.25, 0.3) is 0 Å². The lowest BCUT2D eigenvalue weighted by molar-refractivity contribution is 0.0509. The van der Waals surface area contributed by atoms with Gasteiger partial charge in [-0.05, 0) is 32.0 Å². The molecule has 1 unspecified atom stereocenters. The molecule has 1 aliphatic heterocycles. The zero-order valence-electron chi connectivity index (χ0n) is 14.3. The first-order valence-corrected chi connectivity index (χ1v) is 7.74. The number of aliphatic hydroxyl groups excluding tert-OH is 1. The lowest BCUT2D eigenvalue weighted by Gasteiger charge is -2.33. The van der Waals surface area contributed by atoms with Gasteiger partial charge in [-0.2, -0.15) is 0 Å². The fraction of sp³-hybridized carbons (Fsp3) is 0.389. The van der Waals surface area contributed by atoms with E-state index < -0.39 is 6.10 Å². The number of nitrogens with zero attached hydrogens (tertiary/aromatic N) is 1. The van der Waals surface area contributed by atoms with Gasteiger partial charge in [-0.1, -0.05) is 0 Å². The molecule has 1 aliphatic rings. The van der Waals surface area contributed by atoms with E-state index in [4.69, 9.17) is 13.9 Å². The molecule has 2 heterocycles. The van der Waals surface area contributed by atoms with Crippen LogP contribution in [-0.2, 0) is 6.54 Å². The molecule has 0 radical (unpaired) electrons. The zero-order chi connectivity index (χ0) is 17.4. The van der Waals surface area contributed by atoms with Gasteiger partial charge < -0.3 is 23.9 Å². The molecule has 1 amide bonds. The number of carbonyl (C=O) groups is 1. The fourth-order valence-corrected chi connectivity index (χ4v) is 3.23. The maximum absolute atomic E-state index is 12.8. The molecular formula is C18H21NO5. The van der Waals surface area contributed by atoms with E-state index >= 15 is 0 Å². The van der Waals surface area contributed by atoms with Crippen LogP contribution >= 0.6 is 0 Å². The highest BCUT2D eigenvalue weighted by Crippen LogP contribution is 2.39. The highest BCUT2D eigenvalue weighted by Gasteiger charge is 2.33. The van der Waals surface area contributed by atoms with Gasteiger partial charge in [0.05, 0.1) is 27.3 Å². The number of hydrogen-bond donors (Lipinski definition) is 1. The lowest BCUT2D eigenvalue weighted by atomic mass is 9.95. The number of methoxy groups -OCH3 is 2. The van der Waals surface area contributed by atoms with E-state index in [0.29, 0.717) is 35.1 Å². The quantitative estimate of drug-likeness (QED) is 0.936. The number of rotatable bonds is 3. The molecule has 0 aliphatic carbocycles. The molecule has 0 saturated carbocycles. The van der Waals surface area contributed by atoms with Crippen LogP contribution in [0.1, 0.15) is 39.1 Å². The summed E-state index contributed by atoms with van der Waals surface area (Å²) in [5, 5.41) is 10.6. The van der Waals surface area contributed by atoms with Crippen molar-refractivity contribution in [1.29, 1.82) is 0 Å². The van der Waals surface area contributed by atoms with Gasteiger partial charge in [-0.15, -0.1) is 0 Å². The van der Waals surface area contributed by atoms with Crippen molar-refractivity contribution < 1.29 is 23.8 Å². The smallest absolute Gasteiger partial charge is 0.290 e. The Bertz CT molecular complexity index is 780. The van der Waals surface area contributed by atoms with Crippen LogP contribution in [0.5, 0.6) is 11.5 Å². The highest BCUT2D eigenvalue weighted by atomic mass is 16.5. The first-order chi connectivity index (χ1) is 11.5. The number of benzene rings is 1. The predicted octanol–water partition coefficient (Wildman–Crippen LogP) is 2.60. The van der Waals surface area contributed by atoms with Crippen LogP contribution in [0, 0.1) is 13.8 Å². The maximum Gasteiger partial charge on any atom is 0.290 e. The summed E-state index contributed by atoms with van der Waals surface area (Å²) >= 11 is 0. The number of carbonyl (C=O) groups excluding carboxylic acids is 1. The topological polar surface area (TPSA) is 72.1 Å². The molecule has 1 atom stereocenters. The lowest BCUT2D eigenvalue weighted by Crippen LogP contribution is -2.38. The maximum atomic E-state index is 12.8. The Balaban J connectivity index is 2.00. The highest BCUT2D eigenvalue weighted by molar-refractivity contribution is 5.93. The van der Waals surface area contributed by atoms with E-state index in [2.05, 4.69) is 0 Å². The van der Waals surface area contributed by atoms with E-state index in [1.165, 1.54) is 0 Å². The Morgan fingerprint density at radius 1 is 1.25 bits per heavy atom. The zero-order valence-corrected chi connectivity index (χ0v) is 14.3. The van der Waals surface area contributed by atoms with Crippen molar-refractivity contribution in [3.05, 3.63) is 46.4 Å². The average Bonchev–Trinajstić information content (AvgIpc) is 2.91. The SMILES string of the molecule is COc1ccc(OC)c2c1CN(C(=O)c1oc(C)cc1C)CC2O. The van der Waals surface area contributed by atoms with Crippen LogP contribution in [0.15, 0.2) is 22.6 Å². The van der Waals surface area contributed by atoms with Crippen LogP contribution in [0.3, 0.4) is 0 Å². The molecule has 24 heavy (non-hydrogen) atoms. The first kappa shape index (κ1) is 16.4. The summed E-state index contributed by atoms with van der Waals surface area (Å²) in [6, 6.07) is 5.37. The van der Waals surface area contributed by atoms with E-state index in [1.807, 2.05) is 13.0 Å². The van der Waals surface area contributed by atoms with Gasteiger partial charge in [0, 0.05) is 16.7 Å². The summed E-state index contributed by atoms with van der Waals surface area (Å²) in [5.74, 6) is 1.97. The Morgan fingerprint density at radius 3 is 2.50 bits per heavy atom. The third-order valence-electron chi connectivity index (χ3n) is 4.31. The molecule has 0 fully saturated rings. The van der Waals surface area contributed by atoms with Crippen molar-refractivity contribution in [2.45, 2.75) is 26.5 Å². The second-order valence-corrected chi connectivity index (χ2v) is 5.93. The number of fused-ring (bicyclic) bond motifs is 1. The number of hydrogen-bond acceptors (Lipinski definition) is 5. The molecule has 1 aromatic carbocycles. The molecule has 0 saturated heterocycles. The molecule has 1 N–H and O–H groups in total. The van der Waals surface area contributed by atoms with Gasteiger partial charge >= 0.3 is 0 Å². The summed E-state index contributed by atoms with van der Waals surface area (Å²) in [7, 11) is 3.12. The van der Waals surface area contributed by atoms with Crippen LogP contribution < -0.4 is 9.47 Å². The summed E-state index contributed by atoms with van der Waals surface area (Å²) in [5.41, 5.74) is 2.22. The minimum atomic E-state index is -0.848. The molecular weight excluding hydrogens is 310 g/mol. The van der Waals surface area contributed by atoms with Crippen molar-refractivity contribution in [3.8, 4) is 11.5 Å². The normalized spacial score (nSPS) is 16.7. The largest absolute Gasteiger partial charge is 0.496 e. The first-order valence-electron chi connectivity index (χ1n) is 7.74. The van der Waals surface area contributed by atoms with Crippen molar-refractivity contribution in [1.82, 2.24) is 4.90 Å². The number of aryl methyl sites for hydroxylation is 2. The molecule has 2 aromatic rings. The van der Waals surface area contributed by atoms with E-state index in [9.17, 15) is 9.90 Å². The predicted molar refractivity (Wildman–Crippen MR) is 87.4 cm³/mol. The number of β-amino-alcohol motifs (C(OH)–C–C–N with tert-alkyl or cyclic N) is 1. The molecule has 6 heteroatoms. The van der Waals surface area contributed by atoms with Crippen molar-refractivity contribution >= 4 is 5.91 Å². The summed E-state index contributed by atoms with van der Waals surface area (Å²) in [4.78, 5) is 14.4. The Hall–Kier alpha value is -2.47. The summed E-state index contributed by atoms with van der Waals surface area (Å²) in [6.07, 6.45) is -0.848. The average molecular weight is 331 g/mol. The summed E-state index contributed by atoms with van der Waals surface area (Å²) in [6.45, 7) is 4.14. The minimum absolute atomic E-state index is 0.175. The monoisotopic (exact) mass is 331 g/mol. The Labute approximate surface area is 140 Å². The molecule has 128 valence electrons. The number of ether oxygens (including phenoxy) is 2. The number of amides is 1. The van der Waals surface area contributed by atoms with Crippen LogP contribution in [0.2, 0.25) is 0 Å². The minimum Gasteiger partial charge on any atom is -0.496 e. The summed E-state index contributed by atoms with van der Waals surface area (Å²) < 4.78 is 16.3. The van der Waals surface area contributed by atoms with Gasteiger partial charge in [-0.25, -0.2) is 0 Å². The van der Waals surface area contributed by atoms with E-state index in [0.717, 1.165) is 11.1 Å². The van der Waals surface area contributed by atoms with Crippen LogP contribution in [-0.4, -0.2) is 36.7 Å². The second-order valence-electron chi connectivity index (χ2n) is 5.93. The van der Waals surface area contributed by atoms with Gasteiger partial charge in [-0.3, -0.25) is 4.79 Å². The number of furan rings is 1. The second kappa shape index (κ2) is 6.20. The standard InChI is InChI=1S/C18H21NO5/c1-10-7-11(2)24-17(10)18(21)19-8-12-14(22-3)5-6-15(23-4)16(12)13(20)9-19/h5-7,13,20H,8-9H2,1-4H3. The van der Waals surface area contributed by atoms with E-state index in [1.54, 1.807) is 38.2 Å². The molecule has 6 nitrogen and oxygen atoms in total. The molecule has 0 spiro atoms. The fourth-order valence-electron chi connectivity index (χ4n) is 3.23. The van der Waals surface area contributed by atoms with Crippen molar-refractivity contribution in [2.24, 2.45) is 0 Å². The van der Waals surface area contributed by atoms with Crippen molar-refractivity contribution in [3.63, 3.8) is 0 Å². The molecule has 1 aromatic heterocycles. The molecule has 3 rings (SSSR count). The third-order valence-corrected chi connectivity index (χ3v) is 4.31. The van der Waals surface area contributed by atoms with Gasteiger partial charge in [0.15, 0.2) is 5.76 Å². The van der Waals surface area contributed by atoms with Crippen LogP contribution in [0.4, 0.5) is 0 Å². The molecule has 0 bridgehead atoms. The Morgan fingerprint density at radius 2 is 1.92 bits per heavy atom. The van der Waals surface area contributed by atoms with E-state index in [-0.39, 0.29) is 12.5 Å². The third kappa shape index (κ3) is 2.63. The number of aliphatic hydroxyl groups is 1. The van der Waals surface area contributed by atoms with Gasteiger partial charge in [0.1, 0.15) is 23.4 Å². The Kier molecular flexibility index (Phi) is 4.24. The van der Waals surface area contributed by atoms with Gasteiger partial charge in [0.2, 0.25) is 0 Å².